The van der Waals surface area contributed by atoms with E-state index in [-0.39, 0.29) is 19.6 Å². The lowest BCUT2D eigenvalue weighted by Gasteiger charge is -2.36. The Morgan fingerprint density at radius 1 is 1.10 bits per heavy atom. The molecule has 2 aromatic rings. The fourth-order valence-electron chi connectivity index (χ4n) is 3.28. The standard InChI is InChI=1S/C21H22ClN3O6/c1-29-18-9-8-15(10-16(18)22)25(31-3)19(26)12-24-17-7-5-4-6-14(17)11-23(21(24)28)13-20(27)30-2/h4-10H,11-13H2,1-3H3. The highest BCUT2D eigenvalue weighted by Gasteiger charge is 2.34. The Hall–Kier alpha value is -3.30. The summed E-state index contributed by atoms with van der Waals surface area (Å²) in [5.41, 5.74) is 1.77. The predicted molar refractivity (Wildman–Crippen MR) is 114 cm³/mol. The van der Waals surface area contributed by atoms with E-state index in [2.05, 4.69) is 4.74 Å². The van der Waals surface area contributed by atoms with Gasteiger partial charge in [0, 0.05) is 0 Å². The average molecular weight is 448 g/mol. The first kappa shape index (κ1) is 22.4. The number of halogens is 1. The van der Waals surface area contributed by atoms with Crippen LogP contribution in [0.3, 0.4) is 0 Å². The predicted octanol–water partition coefficient (Wildman–Crippen LogP) is 2.86. The lowest BCUT2D eigenvalue weighted by atomic mass is 10.1. The Labute approximate surface area is 184 Å². The topological polar surface area (TPSA) is 88.6 Å². The molecule has 10 heteroatoms. The molecule has 31 heavy (non-hydrogen) atoms. The molecule has 1 aliphatic rings. The Morgan fingerprint density at radius 3 is 2.48 bits per heavy atom. The fraction of sp³-hybridized carbons (Fsp3) is 0.286. The van der Waals surface area contributed by atoms with Crippen molar-refractivity contribution >= 4 is 40.9 Å². The molecule has 0 spiro atoms. The zero-order chi connectivity index (χ0) is 22.5. The van der Waals surface area contributed by atoms with Gasteiger partial charge in [-0.3, -0.25) is 19.3 Å². The molecule has 0 fully saturated rings. The van der Waals surface area contributed by atoms with Crippen LogP contribution in [0, 0.1) is 0 Å². The number of methoxy groups -OCH3 is 2. The number of hydrogen-bond donors (Lipinski definition) is 0. The van der Waals surface area contributed by atoms with Crippen LogP contribution in [0.25, 0.3) is 0 Å². The van der Waals surface area contributed by atoms with Gasteiger partial charge in [0.15, 0.2) is 0 Å². The van der Waals surface area contributed by atoms with E-state index in [1.807, 2.05) is 12.1 Å². The summed E-state index contributed by atoms with van der Waals surface area (Å²) in [7, 11) is 4.08. The van der Waals surface area contributed by atoms with Crippen LogP contribution in [0.2, 0.25) is 5.02 Å². The minimum atomic E-state index is -0.551. The molecule has 3 rings (SSSR count). The SMILES string of the molecule is COC(=O)CN1Cc2ccccc2N(CC(=O)N(OC)c2ccc(OC)c(Cl)c2)C1=O. The number of fused-ring (bicyclic) bond motifs is 1. The van der Waals surface area contributed by atoms with Crippen molar-refractivity contribution in [3.63, 3.8) is 0 Å². The van der Waals surface area contributed by atoms with Gasteiger partial charge in [0.1, 0.15) is 18.8 Å². The quantitative estimate of drug-likeness (QED) is 0.479. The number of hydrogen-bond acceptors (Lipinski definition) is 6. The van der Waals surface area contributed by atoms with Gasteiger partial charge >= 0.3 is 12.0 Å². The molecule has 1 aliphatic heterocycles. The summed E-state index contributed by atoms with van der Waals surface area (Å²) in [6.07, 6.45) is 0. The number of hydroxylamine groups is 1. The molecule has 0 saturated carbocycles. The zero-order valence-corrected chi connectivity index (χ0v) is 18.1. The lowest BCUT2D eigenvalue weighted by molar-refractivity contribution is -0.141. The number of carbonyl (C=O) groups excluding carboxylic acids is 3. The van der Waals surface area contributed by atoms with Gasteiger partial charge in [-0.15, -0.1) is 0 Å². The summed E-state index contributed by atoms with van der Waals surface area (Å²) in [6, 6.07) is 11.4. The summed E-state index contributed by atoms with van der Waals surface area (Å²) >= 11 is 6.17. The second-order valence-electron chi connectivity index (χ2n) is 6.62. The average Bonchev–Trinajstić information content (AvgIpc) is 2.77. The van der Waals surface area contributed by atoms with Crippen LogP contribution in [0.5, 0.6) is 5.75 Å². The van der Waals surface area contributed by atoms with Crippen molar-refractivity contribution in [1.29, 1.82) is 0 Å². The molecule has 0 aliphatic carbocycles. The van der Waals surface area contributed by atoms with E-state index in [9.17, 15) is 14.4 Å². The molecule has 2 aromatic carbocycles. The Bertz CT molecular complexity index is 999. The molecule has 9 nitrogen and oxygen atoms in total. The third kappa shape index (κ3) is 4.73. The molecule has 0 bridgehead atoms. The number of anilines is 2. The van der Waals surface area contributed by atoms with Crippen molar-refractivity contribution in [3.8, 4) is 5.75 Å². The molecule has 0 N–H and O–H groups in total. The summed E-state index contributed by atoms with van der Waals surface area (Å²) in [6.45, 7) is -0.307. The highest BCUT2D eigenvalue weighted by atomic mass is 35.5. The molecule has 3 amide bonds. The van der Waals surface area contributed by atoms with Crippen LogP contribution in [0.15, 0.2) is 42.5 Å². The highest BCUT2D eigenvalue weighted by molar-refractivity contribution is 6.32. The smallest absolute Gasteiger partial charge is 0.325 e. The summed E-state index contributed by atoms with van der Waals surface area (Å²) in [5.74, 6) is -0.607. The van der Waals surface area contributed by atoms with Gasteiger partial charge in [-0.25, -0.2) is 4.79 Å². The van der Waals surface area contributed by atoms with Gasteiger partial charge in [0.25, 0.3) is 5.91 Å². The maximum atomic E-state index is 13.1. The van der Waals surface area contributed by atoms with Gasteiger partial charge in [-0.1, -0.05) is 29.8 Å². The van der Waals surface area contributed by atoms with Gasteiger partial charge in [0.2, 0.25) is 0 Å². The number of urea groups is 1. The zero-order valence-electron chi connectivity index (χ0n) is 17.3. The van der Waals surface area contributed by atoms with Crippen LogP contribution < -0.4 is 14.7 Å². The molecule has 0 radical (unpaired) electrons. The normalized spacial score (nSPS) is 13.0. The van der Waals surface area contributed by atoms with Gasteiger partial charge in [-0.2, -0.15) is 5.06 Å². The minimum absolute atomic E-state index is 0.226. The summed E-state index contributed by atoms with van der Waals surface area (Å²) in [4.78, 5) is 45.8. The first-order chi connectivity index (χ1) is 14.9. The van der Waals surface area contributed by atoms with E-state index in [1.54, 1.807) is 24.3 Å². The Morgan fingerprint density at radius 2 is 1.84 bits per heavy atom. The van der Waals surface area contributed by atoms with Crippen molar-refractivity contribution in [1.82, 2.24) is 4.90 Å². The maximum Gasteiger partial charge on any atom is 0.325 e. The molecule has 1 heterocycles. The van der Waals surface area contributed by atoms with E-state index in [4.69, 9.17) is 21.2 Å². The molecule has 0 atom stereocenters. The Kier molecular flexibility index (Phi) is 6.98. The summed E-state index contributed by atoms with van der Waals surface area (Å²) in [5, 5.41) is 1.35. The van der Waals surface area contributed by atoms with Gasteiger partial charge in [0.05, 0.1) is 44.3 Å². The van der Waals surface area contributed by atoms with Crippen LogP contribution in [0.4, 0.5) is 16.2 Å². The van der Waals surface area contributed by atoms with Gasteiger partial charge < -0.3 is 14.4 Å². The first-order valence-electron chi connectivity index (χ1n) is 9.31. The van der Waals surface area contributed by atoms with E-state index in [0.717, 1.165) is 10.6 Å². The number of rotatable bonds is 7. The highest BCUT2D eigenvalue weighted by Crippen LogP contribution is 2.31. The maximum absolute atomic E-state index is 13.1. The summed E-state index contributed by atoms with van der Waals surface area (Å²) < 4.78 is 9.81. The molecule has 0 aromatic heterocycles. The van der Waals surface area contributed by atoms with E-state index in [0.29, 0.717) is 22.1 Å². The van der Waals surface area contributed by atoms with Crippen molar-refractivity contribution < 1.29 is 28.7 Å². The number of carbonyl (C=O) groups is 3. The van der Waals surface area contributed by atoms with Crippen LogP contribution in [-0.4, -0.2) is 57.2 Å². The van der Waals surface area contributed by atoms with Crippen molar-refractivity contribution in [2.75, 3.05) is 44.4 Å². The molecule has 0 saturated heterocycles. The lowest BCUT2D eigenvalue weighted by Crippen LogP contribution is -2.52. The van der Waals surface area contributed by atoms with Crippen LogP contribution >= 0.6 is 11.6 Å². The number of benzene rings is 2. The van der Waals surface area contributed by atoms with E-state index < -0.39 is 17.9 Å². The number of amides is 3. The third-order valence-corrected chi connectivity index (χ3v) is 5.06. The van der Waals surface area contributed by atoms with Crippen molar-refractivity contribution in [2.45, 2.75) is 6.54 Å². The van der Waals surface area contributed by atoms with Gasteiger partial charge in [-0.05, 0) is 29.8 Å². The van der Waals surface area contributed by atoms with Crippen molar-refractivity contribution in [3.05, 3.63) is 53.1 Å². The molecule has 0 unspecified atom stereocenters. The largest absolute Gasteiger partial charge is 0.495 e. The monoisotopic (exact) mass is 447 g/mol. The molecular formula is C21H22ClN3O6. The fourth-order valence-corrected chi connectivity index (χ4v) is 3.54. The number of esters is 1. The third-order valence-electron chi connectivity index (χ3n) is 4.77. The van der Waals surface area contributed by atoms with E-state index in [1.165, 1.54) is 37.2 Å². The Balaban J connectivity index is 1.87. The van der Waals surface area contributed by atoms with Crippen molar-refractivity contribution in [2.24, 2.45) is 0 Å². The minimum Gasteiger partial charge on any atom is -0.495 e. The number of para-hydroxylation sites is 1. The van der Waals surface area contributed by atoms with Crippen LogP contribution in [0.1, 0.15) is 5.56 Å². The van der Waals surface area contributed by atoms with E-state index >= 15 is 0 Å². The molecular weight excluding hydrogens is 426 g/mol. The number of nitrogens with zero attached hydrogens (tertiary/aromatic N) is 3. The second-order valence-corrected chi connectivity index (χ2v) is 7.03. The molecule has 164 valence electrons. The van der Waals surface area contributed by atoms with Crippen LogP contribution in [-0.2, 0) is 25.7 Å². The first-order valence-corrected chi connectivity index (χ1v) is 9.69. The number of ether oxygens (including phenoxy) is 2. The second kappa shape index (κ2) is 9.67.